The smallest absolute Gasteiger partial charge is 0.0623 e. The van der Waals surface area contributed by atoms with Gasteiger partial charge in [0.1, 0.15) is 0 Å². The van der Waals surface area contributed by atoms with E-state index in [0.717, 1.165) is 25.7 Å². The monoisotopic (exact) mass is 226 g/mol. The molecule has 0 aliphatic carbocycles. The van der Waals surface area contributed by atoms with Crippen molar-refractivity contribution in [3.63, 3.8) is 0 Å². The highest BCUT2D eigenvalue weighted by atomic mass is 32.1. The molecule has 1 rings (SSSR count). The fourth-order valence-corrected chi connectivity index (χ4v) is 2.43. The summed E-state index contributed by atoms with van der Waals surface area (Å²) in [6.07, 6.45) is 6.42. The predicted molar refractivity (Wildman–Crippen MR) is 67.4 cm³/mol. The SMILES string of the molecule is CCCCCC(C)(O)CCc1ccsc1. The molecule has 0 aliphatic rings. The molecular formula is C13H22OS. The Morgan fingerprint density at radius 1 is 1.33 bits per heavy atom. The number of rotatable bonds is 7. The maximum Gasteiger partial charge on any atom is 0.0623 e. The molecule has 1 atom stereocenters. The molecule has 0 fully saturated rings. The lowest BCUT2D eigenvalue weighted by Gasteiger charge is -2.22. The molecule has 1 heterocycles. The van der Waals surface area contributed by atoms with Gasteiger partial charge in [0.2, 0.25) is 0 Å². The summed E-state index contributed by atoms with van der Waals surface area (Å²) in [6.45, 7) is 4.16. The van der Waals surface area contributed by atoms with Gasteiger partial charge in [-0.1, -0.05) is 26.2 Å². The van der Waals surface area contributed by atoms with Crippen LogP contribution in [-0.2, 0) is 6.42 Å². The zero-order valence-electron chi connectivity index (χ0n) is 9.83. The Labute approximate surface area is 97.2 Å². The average molecular weight is 226 g/mol. The van der Waals surface area contributed by atoms with Crippen molar-refractivity contribution in [3.05, 3.63) is 22.4 Å². The van der Waals surface area contributed by atoms with Gasteiger partial charge in [0.15, 0.2) is 0 Å². The lowest BCUT2D eigenvalue weighted by Crippen LogP contribution is -2.24. The standard InChI is InChI=1S/C13H22OS/c1-3-4-5-8-13(2,14)9-6-12-7-10-15-11-12/h7,10-11,14H,3-6,8-9H2,1-2H3. The van der Waals surface area contributed by atoms with Crippen LogP contribution in [0, 0.1) is 0 Å². The molecule has 1 unspecified atom stereocenters. The normalized spacial score (nSPS) is 15.1. The zero-order valence-corrected chi connectivity index (χ0v) is 10.6. The molecule has 1 nitrogen and oxygen atoms in total. The number of hydrogen-bond acceptors (Lipinski definition) is 2. The van der Waals surface area contributed by atoms with Gasteiger partial charge in [-0.2, -0.15) is 11.3 Å². The lowest BCUT2D eigenvalue weighted by atomic mass is 9.92. The fraction of sp³-hybridized carbons (Fsp3) is 0.692. The third kappa shape index (κ3) is 5.33. The minimum atomic E-state index is -0.475. The number of unbranched alkanes of at least 4 members (excludes halogenated alkanes) is 2. The Balaban J connectivity index is 2.23. The molecule has 15 heavy (non-hydrogen) atoms. The van der Waals surface area contributed by atoms with E-state index in [-0.39, 0.29) is 0 Å². The summed E-state index contributed by atoms with van der Waals surface area (Å²) < 4.78 is 0. The molecule has 0 aromatic carbocycles. The molecular weight excluding hydrogens is 204 g/mol. The first-order chi connectivity index (χ1) is 7.14. The lowest BCUT2D eigenvalue weighted by molar-refractivity contribution is 0.0397. The summed E-state index contributed by atoms with van der Waals surface area (Å²) in [5, 5.41) is 14.4. The second-order valence-corrected chi connectivity index (χ2v) is 5.37. The molecule has 0 spiro atoms. The molecule has 1 aromatic rings. The Bertz CT molecular complexity index is 252. The summed E-state index contributed by atoms with van der Waals surface area (Å²) >= 11 is 1.73. The maximum atomic E-state index is 10.1. The van der Waals surface area contributed by atoms with Crippen LogP contribution in [0.2, 0.25) is 0 Å². The van der Waals surface area contributed by atoms with Crippen molar-refractivity contribution >= 4 is 11.3 Å². The molecule has 2 heteroatoms. The highest BCUT2D eigenvalue weighted by Crippen LogP contribution is 2.21. The maximum absolute atomic E-state index is 10.1. The van der Waals surface area contributed by atoms with E-state index < -0.39 is 5.60 Å². The van der Waals surface area contributed by atoms with E-state index >= 15 is 0 Å². The van der Waals surface area contributed by atoms with Gasteiger partial charge in [0.25, 0.3) is 0 Å². The summed E-state index contributed by atoms with van der Waals surface area (Å²) in [7, 11) is 0. The third-order valence-electron chi connectivity index (χ3n) is 2.85. The molecule has 1 aromatic heterocycles. The molecule has 0 bridgehead atoms. The molecule has 1 N–H and O–H groups in total. The van der Waals surface area contributed by atoms with E-state index in [0.29, 0.717) is 0 Å². The number of aryl methyl sites for hydroxylation is 1. The molecule has 0 aliphatic heterocycles. The molecule has 0 saturated heterocycles. The van der Waals surface area contributed by atoms with Crippen LogP contribution < -0.4 is 0 Å². The largest absolute Gasteiger partial charge is 0.390 e. The van der Waals surface area contributed by atoms with Gasteiger partial charge >= 0.3 is 0 Å². The number of aliphatic hydroxyl groups is 1. The van der Waals surface area contributed by atoms with Gasteiger partial charge < -0.3 is 5.11 Å². The average Bonchev–Trinajstić information content (AvgIpc) is 2.68. The fourth-order valence-electron chi connectivity index (χ4n) is 1.73. The van der Waals surface area contributed by atoms with Gasteiger partial charge in [0.05, 0.1) is 5.60 Å². The van der Waals surface area contributed by atoms with E-state index in [1.165, 1.54) is 18.4 Å². The first-order valence-electron chi connectivity index (χ1n) is 5.87. The second kappa shape index (κ2) is 6.29. The van der Waals surface area contributed by atoms with Crippen LogP contribution >= 0.6 is 11.3 Å². The molecule has 0 saturated carbocycles. The topological polar surface area (TPSA) is 20.2 Å². The van der Waals surface area contributed by atoms with Gasteiger partial charge in [-0.3, -0.25) is 0 Å². The zero-order chi connectivity index (χ0) is 11.1. The first kappa shape index (κ1) is 12.7. The van der Waals surface area contributed by atoms with E-state index in [2.05, 4.69) is 23.8 Å². The summed E-state index contributed by atoms with van der Waals surface area (Å²) in [4.78, 5) is 0. The molecule has 0 radical (unpaired) electrons. The molecule has 0 amide bonds. The van der Waals surface area contributed by atoms with Crippen molar-refractivity contribution in [1.82, 2.24) is 0 Å². The highest BCUT2D eigenvalue weighted by molar-refractivity contribution is 7.07. The third-order valence-corrected chi connectivity index (χ3v) is 3.58. The summed E-state index contributed by atoms with van der Waals surface area (Å²) in [5.41, 5.74) is 0.882. The van der Waals surface area contributed by atoms with Gasteiger partial charge in [-0.25, -0.2) is 0 Å². The summed E-state index contributed by atoms with van der Waals surface area (Å²) in [5.74, 6) is 0. The van der Waals surface area contributed by atoms with E-state index in [9.17, 15) is 5.11 Å². The second-order valence-electron chi connectivity index (χ2n) is 4.59. The Morgan fingerprint density at radius 3 is 2.73 bits per heavy atom. The number of hydrogen-bond donors (Lipinski definition) is 1. The van der Waals surface area contributed by atoms with Crippen molar-refractivity contribution < 1.29 is 5.11 Å². The van der Waals surface area contributed by atoms with Crippen molar-refractivity contribution in [2.45, 2.75) is 58.0 Å². The van der Waals surface area contributed by atoms with Crippen molar-refractivity contribution in [2.24, 2.45) is 0 Å². The van der Waals surface area contributed by atoms with Crippen molar-refractivity contribution in [1.29, 1.82) is 0 Å². The predicted octanol–water partition coefficient (Wildman–Crippen LogP) is 4.01. The van der Waals surface area contributed by atoms with E-state index in [4.69, 9.17) is 0 Å². The van der Waals surface area contributed by atoms with Crippen LogP contribution in [0.4, 0.5) is 0 Å². The van der Waals surface area contributed by atoms with Crippen molar-refractivity contribution in [2.75, 3.05) is 0 Å². The van der Waals surface area contributed by atoms with Gasteiger partial charge in [-0.05, 0) is 48.6 Å². The van der Waals surface area contributed by atoms with Gasteiger partial charge in [0, 0.05) is 0 Å². The van der Waals surface area contributed by atoms with Crippen molar-refractivity contribution in [3.8, 4) is 0 Å². The van der Waals surface area contributed by atoms with Crippen LogP contribution in [0.15, 0.2) is 16.8 Å². The van der Waals surface area contributed by atoms with Crippen LogP contribution in [-0.4, -0.2) is 10.7 Å². The minimum absolute atomic E-state index is 0.475. The Hall–Kier alpha value is -0.340. The minimum Gasteiger partial charge on any atom is -0.390 e. The van der Waals surface area contributed by atoms with Gasteiger partial charge in [-0.15, -0.1) is 0 Å². The van der Waals surface area contributed by atoms with E-state index in [1.807, 2.05) is 6.92 Å². The quantitative estimate of drug-likeness (QED) is 0.696. The Morgan fingerprint density at radius 2 is 2.13 bits per heavy atom. The number of thiophene rings is 1. The van der Waals surface area contributed by atoms with E-state index in [1.54, 1.807) is 11.3 Å². The molecule has 86 valence electrons. The first-order valence-corrected chi connectivity index (χ1v) is 6.82. The van der Waals surface area contributed by atoms with Crippen LogP contribution in [0.5, 0.6) is 0 Å². The highest BCUT2D eigenvalue weighted by Gasteiger charge is 2.19. The Kier molecular flexibility index (Phi) is 5.34. The van der Waals surface area contributed by atoms with Crippen LogP contribution in [0.3, 0.4) is 0 Å². The summed E-state index contributed by atoms with van der Waals surface area (Å²) in [6, 6.07) is 2.15. The van der Waals surface area contributed by atoms with Crippen LogP contribution in [0.1, 0.15) is 51.5 Å². The van der Waals surface area contributed by atoms with Crippen LogP contribution in [0.25, 0.3) is 0 Å².